The van der Waals surface area contributed by atoms with Crippen LogP contribution in [0.15, 0.2) is 24.3 Å². The highest BCUT2D eigenvalue weighted by atomic mass is 35.5. The molecule has 1 aromatic rings. The van der Waals surface area contributed by atoms with Crippen LogP contribution in [0.2, 0.25) is 0 Å². The molecule has 1 rings (SSSR count). The van der Waals surface area contributed by atoms with E-state index in [9.17, 15) is 14.4 Å². The van der Waals surface area contributed by atoms with Crippen LogP contribution >= 0.6 is 11.6 Å². The van der Waals surface area contributed by atoms with Crippen LogP contribution in [0.25, 0.3) is 0 Å². The molecule has 0 saturated heterocycles. The van der Waals surface area contributed by atoms with Gasteiger partial charge in [0.25, 0.3) is 5.91 Å². The highest BCUT2D eigenvalue weighted by molar-refractivity contribution is 6.32. The summed E-state index contributed by atoms with van der Waals surface area (Å²) in [6.07, 6.45) is 0.569. The molecule has 1 aromatic carbocycles. The van der Waals surface area contributed by atoms with Crippen molar-refractivity contribution in [3.63, 3.8) is 0 Å². The summed E-state index contributed by atoms with van der Waals surface area (Å²) in [5.74, 6) is -1.92. The summed E-state index contributed by atoms with van der Waals surface area (Å²) in [5.41, 5.74) is 2.29. The first-order chi connectivity index (χ1) is 13.2. The van der Waals surface area contributed by atoms with Gasteiger partial charge in [-0.15, -0.1) is 11.6 Å². The summed E-state index contributed by atoms with van der Waals surface area (Å²) in [6, 6.07) is 6.29. The van der Waals surface area contributed by atoms with Gasteiger partial charge in [-0.25, -0.2) is 5.48 Å². The molecule has 0 spiro atoms. The molecular weight excluding hydrogens is 386 g/mol. The van der Waals surface area contributed by atoms with Crippen molar-refractivity contribution in [1.82, 2.24) is 16.1 Å². The zero-order valence-electron chi connectivity index (χ0n) is 16.5. The van der Waals surface area contributed by atoms with E-state index >= 15 is 0 Å². The van der Waals surface area contributed by atoms with Gasteiger partial charge in [0, 0.05) is 13.5 Å². The van der Waals surface area contributed by atoms with Gasteiger partial charge < -0.3 is 15.4 Å². The Bertz CT molecular complexity index is 666. The Kier molecular flexibility index (Phi) is 9.75. The van der Waals surface area contributed by atoms with Crippen molar-refractivity contribution >= 4 is 29.3 Å². The minimum absolute atomic E-state index is 0.0727. The second-order valence-electron chi connectivity index (χ2n) is 6.84. The third-order valence-corrected chi connectivity index (χ3v) is 4.76. The number of alkyl halides is 1. The second-order valence-corrected chi connectivity index (χ2v) is 7.31. The minimum atomic E-state index is -1.27. The van der Waals surface area contributed by atoms with Gasteiger partial charge in [0.1, 0.15) is 17.2 Å². The van der Waals surface area contributed by atoms with E-state index in [-0.39, 0.29) is 18.2 Å². The largest absolute Gasteiger partial charge is 0.497 e. The van der Waals surface area contributed by atoms with Gasteiger partial charge in [-0.2, -0.15) is 0 Å². The Hall–Kier alpha value is -2.32. The highest BCUT2D eigenvalue weighted by Crippen LogP contribution is 2.21. The summed E-state index contributed by atoms with van der Waals surface area (Å²) in [7, 11) is 3.03. The molecule has 28 heavy (non-hydrogen) atoms. The minimum Gasteiger partial charge on any atom is -0.497 e. The molecule has 0 saturated carbocycles. The zero-order valence-corrected chi connectivity index (χ0v) is 17.2. The lowest BCUT2D eigenvalue weighted by Gasteiger charge is -2.25. The topological polar surface area (TPSA) is 117 Å². The summed E-state index contributed by atoms with van der Waals surface area (Å²) < 4.78 is 5.11. The van der Waals surface area contributed by atoms with Crippen LogP contribution in [0.5, 0.6) is 5.75 Å². The number of methoxy groups -OCH3 is 1. The predicted octanol–water partition coefficient (Wildman–Crippen LogP) is 1.24. The number of halogens is 1. The smallest absolute Gasteiger partial charge is 0.262 e. The number of carbonyl (C=O) groups excluding carboxylic acids is 3. The van der Waals surface area contributed by atoms with Crippen molar-refractivity contribution < 1.29 is 24.3 Å². The van der Waals surface area contributed by atoms with Crippen LogP contribution in [0.4, 0.5) is 0 Å². The van der Waals surface area contributed by atoms with E-state index in [1.165, 1.54) is 12.5 Å². The Morgan fingerprint density at radius 1 is 1.11 bits per heavy atom. The van der Waals surface area contributed by atoms with Crippen LogP contribution < -0.4 is 20.9 Å². The number of likely N-dealkylation sites (N-methyl/N-ethyl adjacent to an activating group) is 1. The first kappa shape index (κ1) is 23.7. The molecule has 3 atom stereocenters. The lowest BCUT2D eigenvalue weighted by Crippen LogP contribution is -2.51. The molecule has 0 unspecified atom stereocenters. The number of hydrogen-bond donors (Lipinski definition) is 4. The average Bonchev–Trinajstić information content (AvgIpc) is 2.69. The van der Waals surface area contributed by atoms with Crippen molar-refractivity contribution in [2.75, 3.05) is 14.2 Å². The van der Waals surface area contributed by atoms with E-state index in [1.54, 1.807) is 31.4 Å². The number of hydrogen-bond acceptors (Lipinski definition) is 5. The molecule has 8 nitrogen and oxygen atoms in total. The summed E-state index contributed by atoms with van der Waals surface area (Å²) in [5, 5.41) is 12.8. The van der Waals surface area contributed by atoms with E-state index in [0.29, 0.717) is 12.2 Å². The van der Waals surface area contributed by atoms with E-state index in [0.717, 1.165) is 5.56 Å². The van der Waals surface area contributed by atoms with E-state index in [4.69, 9.17) is 21.5 Å². The van der Waals surface area contributed by atoms with Crippen LogP contribution in [0, 0.1) is 11.8 Å². The zero-order chi connectivity index (χ0) is 21.3. The Morgan fingerprint density at radius 3 is 2.18 bits per heavy atom. The number of amides is 3. The van der Waals surface area contributed by atoms with Gasteiger partial charge >= 0.3 is 0 Å². The van der Waals surface area contributed by atoms with E-state index in [2.05, 4.69) is 10.6 Å². The Balaban J connectivity index is 2.98. The Labute approximate surface area is 169 Å². The van der Waals surface area contributed by atoms with Crippen molar-refractivity contribution in [3.8, 4) is 5.75 Å². The summed E-state index contributed by atoms with van der Waals surface area (Å²) >= 11 is 6.08. The molecule has 0 radical (unpaired) electrons. The van der Waals surface area contributed by atoms with Crippen molar-refractivity contribution in [2.45, 2.75) is 38.1 Å². The monoisotopic (exact) mass is 413 g/mol. The summed E-state index contributed by atoms with van der Waals surface area (Å²) in [6.45, 7) is 3.77. The van der Waals surface area contributed by atoms with Crippen molar-refractivity contribution in [1.29, 1.82) is 0 Å². The number of hydroxylamine groups is 1. The standard InChI is InChI=1S/C19H28ClN3O5/c1-11(2)9-14(16(20)19(26)23-27)17(24)22-15(18(25)21-3)10-12-5-7-13(28-4)8-6-12/h5-8,11,14-16,27H,9-10H2,1-4H3,(H,21,25)(H,22,24)(H,23,26)/t14-,15+,16-/m1/s1. The lowest BCUT2D eigenvalue weighted by molar-refractivity contribution is -0.136. The first-order valence-corrected chi connectivity index (χ1v) is 9.40. The number of ether oxygens (including phenoxy) is 1. The van der Waals surface area contributed by atoms with E-state index in [1.807, 2.05) is 13.8 Å². The third-order valence-electron chi connectivity index (χ3n) is 4.25. The molecule has 0 fully saturated rings. The summed E-state index contributed by atoms with van der Waals surface area (Å²) in [4.78, 5) is 36.8. The molecule has 9 heteroatoms. The molecule has 0 aliphatic heterocycles. The van der Waals surface area contributed by atoms with Crippen LogP contribution in [0.3, 0.4) is 0 Å². The van der Waals surface area contributed by atoms with Gasteiger partial charge in [-0.1, -0.05) is 26.0 Å². The fraction of sp³-hybridized carbons (Fsp3) is 0.526. The van der Waals surface area contributed by atoms with Crippen LogP contribution in [-0.2, 0) is 20.8 Å². The maximum absolute atomic E-state index is 12.8. The van der Waals surface area contributed by atoms with Crippen LogP contribution in [0.1, 0.15) is 25.8 Å². The molecular formula is C19H28ClN3O5. The second kappa shape index (κ2) is 11.5. The van der Waals surface area contributed by atoms with Gasteiger partial charge in [0.2, 0.25) is 11.8 Å². The number of carbonyl (C=O) groups is 3. The average molecular weight is 414 g/mol. The maximum Gasteiger partial charge on any atom is 0.262 e. The molecule has 0 bridgehead atoms. The highest BCUT2D eigenvalue weighted by Gasteiger charge is 2.34. The molecule has 0 aliphatic carbocycles. The molecule has 0 aromatic heterocycles. The van der Waals surface area contributed by atoms with Crippen molar-refractivity contribution in [3.05, 3.63) is 29.8 Å². The third kappa shape index (κ3) is 7.01. The van der Waals surface area contributed by atoms with Gasteiger partial charge in [-0.3, -0.25) is 19.6 Å². The fourth-order valence-corrected chi connectivity index (χ4v) is 3.04. The van der Waals surface area contributed by atoms with E-state index < -0.39 is 29.2 Å². The molecule has 0 heterocycles. The Morgan fingerprint density at radius 2 is 1.71 bits per heavy atom. The van der Waals surface area contributed by atoms with Crippen molar-refractivity contribution in [2.24, 2.45) is 11.8 Å². The molecule has 4 N–H and O–H groups in total. The quantitative estimate of drug-likeness (QED) is 0.261. The molecule has 156 valence electrons. The molecule has 3 amide bonds. The number of benzene rings is 1. The SMILES string of the molecule is CNC(=O)[C@H](Cc1ccc(OC)cc1)NC(=O)[C@H](CC(C)C)[C@@H](Cl)C(=O)NO. The van der Waals surface area contributed by atoms with Gasteiger partial charge in [0.05, 0.1) is 13.0 Å². The van der Waals surface area contributed by atoms with Crippen LogP contribution in [-0.4, -0.2) is 48.5 Å². The van der Waals surface area contributed by atoms with Gasteiger partial charge in [0.15, 0.2) is 0 Å². The lowest BCUT2D eigenvalue weighted by atomic mass is 9.92. The van der Waals surface area contributed by atoms with Gasteiger partial charge in [-0.05, 0) is 30.0 Å². The molecule has 0 aliphatic rings. The predicted molar refractivity (Wildman–Crippen MR) is 105 cm³/mol. The maximum atomic E-state index is 12.8. The first-order valence-electron chi connectivity index (χ1n) is 8.96. The number of nitrogens with one attached hydrogen (secondary N) is 3. The normalized spacial score (nSPS) is 14.0. The fourth-order valence-electron chi connectivity index (χ4n) is 2.77. The number of rotatable bonds is 10.